The molecule has 0 aromatic heterocycles. The van der Waals surface area contributed by atoms with Crippen molar-refractivity contribution in [1.29, 1.82) is 5.26 Å². The molecule has 4 atom stereocenters. The van der Waals surface area contributed by atoms with Crippen molar-refractivity contribution < 1.29 is 17.6 Å². The summed E-state index contributed by atoms with van der Waals surface area (Å²) in [4.78, 5) is 12.4. The molecule has 0 bridgehead atoms. The van der Waals surface area contributed by atoms with Gasteiger partial charge in [-0.3, -0.25) is 4.79 Å². The molecule has 1 amide bonds. The number of amides is 1. The summed E-state index contributed by atoms with van der Waals surface area (Å²) in [6.07, 6.45) is 2.58. The van der Waals surface area contributed by atoms with Crippen molar-refractivity contribution >= 4 is 15.7 Å². The lowest BCUT2D eigenvalue weighted by Crippen LogP contribution is -2.41. The topological polar surface area (TPSA) is 87.0 Å². The first-order valence-electron chi connectivity index (χ1n) is 8.05. The molecular weight excluding hydrogens is 331 g/mol. The summed E-state index contributed by atoms with van der Waals surface area (Å²) in [7, 11) is -3.58. The highest BCUT2D eigenvalue weighted by Crippen LogP contribution is 2.55. The minimum absolute atomic E-state index is 0.0653. The highest BCUT2D eigenvalue weighted by Gasteiger charge is 2.52. The Morgan fingerprint density at radius 1 is 1.29 bits per heavy atom. The van der Waals surface area contributed by atoms with Crippen molar-refractivity contribution in [1.82, 2.24) is 5.32 Å². The van der Waals surface area contributed by atoms with Crippen LogP contribution < -0.4 is 5.32 Å². The third-order valence-corrected chi connectivity index (χ3v) is 6.96. The standard InChI is InChI=1S/C17H19FN2O3S/c18-13-3-5-14(6-4-13)24(22,23)10-12-2-1-11-9-15(11)16(12)17(21)20-8-7-19/h3-6,11-12,15-16H,1-2,8-10H2,(H,20,21)/t11-,12?,15?,16+/m0/s1. The zero-order valence-corrected chi connectivity index (χ0v) is 13.9. The number of halogens is 1. The zero-order valence-electron chi connectivity index (χ0n) is 13.1. The van der Waals surface area contributed by atoms with Gasteiger partial charge < -0.3 is 5.32 Å². The van der Waals surface area contributed by atoms with Crippen LogP contribution in [0.25, 0.3) is 0 Å². The van der Waals surface area contributed by atoms with Crippen LogP contribution in [0.2, 0.25) is 0 Å². The molecule has 3 rings (SSSR count). The SMILES string of the molecule is N#CCNC(=O)[C@@H]1C(CS(=O)(=O)c2ccc(F)cc2)CC[C@H]2CC21. The van der Waals surface area contributed by atoms with E-state index in [1.807, 2.05) is 6.07 Å². The summed E-state index contributed by atoms with van der Waals surface area (Å²) in [5.74, 6) is -0.704. The minimum Gasteiger partial charge on any atom is -0.343 e. The average Bonchev–Trinajstić information content (AvgIpc) is 3.32. The van der Waals surface area contributed by atoms with Crippen LogP contribution in [-0.4, -0.2) is 26.6 Å². The predicted molar refractivity (Wildman–Crippen MR) is 84.9 cm³/mol. The number of nitrogens with zero attached hydrogens (tertiary/aromatic N) is 1. The molecule has 0 spiro atoms. The molecule has 1 N–H and O–H groups in total. The summed E-state index contributed by atoms with van der Waals surface area (Å²) in [5, 5.41) is 11.2. The van der Waals surface area contributed by atoms with Crippen molar-refractivity contribution in [2.75, 3.05) is 12.3 Å². The summed E-state index contributed by atoms with van der Waals surface area (Å²) in [6, 6.07) is 6.65. The van der Waals surface area contributed by atoms with Gasteiger partial charge in [-0.05, 0) is 61.3 Å². The Morgan fingerprint density at radius 2 is 2.00 bits per heavy atom. The number of hydrogen-bond acceptors (Lipinski definition) is 4. The van der Waals surface area contributed by atoms with Gasteiger partial charge in [0.25, 0.3) is 0 Å². The van der Waals surface area contributed by atoms with Crippen LogP contribution in [0.5, 0.6) is 0 Å². The third kappa shape index (κ3) is 3.44. The second-order valence-corrected chi connectivity index (χ2v) is 8.67. The summed E-state index contributed by atoms with van der Waals surface area (Å²) >= 11 is 0. The molecule has 24 heavy (non-hydrogen) atoms. The molecule has 2 aliphatic rings. The number of sulfone groups is 1. The largest absolute Gasteiger partial charge is 0.343 e. The highest BCUT2D eigenvalue weighted by atomic mass is 32.2. The van der Waals surface area contributed by atoms with Crippen molar-refractivity contribution in [2.24, 2.45) is 23.7 Å². The number of nitrogens with one attached hydrogen (secondary N) is 1. The highest BCUT2D eigenvalue weighted by molar-refractivity contribution is 7.91. The number of rotatable bonds is 5. The third-order valence-electron chi connectivity index (χ3n) is 5.11. The van der Waals surface area contributed by atoms with E-state index in [1.54, 1.807) is 0 Å². The Bertz CT molecular complexity index is 770. The van der Waals surface area contributed by atoms with Crippen LogP contribution in [0.3, 0.4) is 0 Å². The molecule has 0 heterocycles. The maximum Gasteiger partial charge on any atom is 0.224 e. The Labute approximate surface area is 140 Å². The van der Waals surface area contributed by atoms with E-state index in [0.29, 0.717) is 12.3 Å². The molecule has 0 aliphatic heterocycles. The second-order valence-electron chi connectivity index (χ2n) is 6.63. The van der Waals surface area contributed by atoms with Gasteiger partial charge >= 0.3 is 0 Å². The van der Waals surface area contributed by atoms with Crippen LogP contribution in [-0.2, 0) is 14.6 Å². The first kappa shape index (κ1) is 16.9. The lowest BCUT2D eigenvalue weighted by molar-refractivity contribution is -0.127. The summed E-state index contributed by atoms with van der Waals surface area (Å²) in [5.41, 5.74) is 0. The smallest absolute Gasteiger partial charge is 0.224 e. The van der Waals surface area contributed by atoms with Crippen LogP contribution in [0.4, 0.5) is 4.39 Å². The van der Waals surface area contributed by atoms with Gasteiger partial charge in [-0.1, -0.05) is 0 Å². The quantitative estimate of drug-likeness (QED) is 0.649. The van der Waals surface area contributed by atoms with Gasteiger partial charge in [-0.25, -0.2) is 12.8 Å². The Kier molecular flexibility index (Phi) is 4.59. The number of nitriles is 1. The van der Waals surface area contributed by atoms with Gasteiger partial charge in [-0.15, -0.1) is 0 Å². The van der Waals surface area contributed by atoms with E-state index in [-0.39, 0.29) is 40.9 Å². The Balaban J connectivity index is 1.77. The first-order valence-corrected chi connectivity index (χ1v) is 9.70. The molecule has 0 radical (unpaired) electrons. The maximum absolute atomic E-state index is 13.0. The zero-order chi connectivity index (χ0) is 17.3. The van der Waals surface area contributed by atoms with Gasteiger partial charge in [0.15, 0.2) is 9.84 Å². The van der Waals surface area contributed by atoms with Crippen LogP contribution in [0, 0.1) is 40.8 Å². The van der Waals surface area contributed by atoms with Crippen LogP contribution in [0.15, 0.2) is 29.2 Å². The van der Waals surface area contributed by atoms with Gasteiger partial charge in [0.2, 0.25) is 5.91 Å². The molecule has 2 aliphatic carbocycles. The van der Waals surface area contributed by atoms with Crippen molar-refractivity contribution in [2.45, 2.75) is 24.2 Å². The lowest BCUT2D eigenvalue weighted by Gasteiger charge is -2.30. The minimum atomic E-state index is -3.58. The van der Waals surface area contributed by atoms with E-state index in [1.165, 1.54) is 12.1 Å². The van der Waals surface area contributed by atoms with E-state index in [9.17, 15) is 17.6 Å². The molecular formula is C17H19FN2O3S. The van der Waals surface area contributed by atoms with E-state index < -0.39 is 15.7 Å². The molecule has 2 unspecified atom stereocenters. The predicted octanol–water partition coefficient (Wildman–Crippen LogP) is 1.90. The fourth-order valence-corrected chi connectivity index (χ4v) is 5.54. The Morgan fingerprint density at radius 3 is 2.67 bits per heavy atom. The summed E-state index contributed by atoms with van der Waals surface area (Å²) < 4.78 is 38.2. The molecule has 2 fully saturated rings. The number of benzene rings is 1. The Hall–Kier alpha value is -1.94. The average molecular weight is 350 g/mol. The van der Waals surface area contributed by atoms with Crippen LogP contribution >= 0.6 is 0 Å². The van der Waals surface area contributed by atoms with Gasteiger partial charge in [-0.2, -0.15) is 5.26 Å². The molecule has 2 saturated carbocycles. The van der Waals surface area contributed by atoms with E-state index in [0.717, 1.165) is 25.0 Å². The second kappa shape index (κ2) is 6.52. The van der Waals surface area contributed by atoms with Crippen molar-refractivity contribution in [3.8, 4) is 6.07 Å². The van der Waals surface area contributed by atoms with Gasteiger partial charge in [0.1, 0.15) is 12.4 Å². The van der Waals surface area contributed by atoms with E-state index >= 15 is 0 Å². The number of carbonyl (C=O) groups is 1. The van der Waals surface area contributed by atoms with E-state index in [2.05, 4.69) is 5.32 Å². The molecule has 7 heteroatoms. The molecule has 1 aromatic rings. The normalized spacial score (nSPS) is 28.5. The van der Waals surface area contributed by atoms with E-state index in [4.69, 9.17) is 5.26 Å². The van der Waals surface area contributed by atoms with Crippen molar-refractivity contribution in [3.05, 3.63) is 30.1 Å². The number of fused-ring (bicyclic) bond motifs is 1. The molecule has 128 valence electrons. The maximum atomic E-state index is 13.0. The van der Waals surface area contributed by atoms with Crippen molar-refractivity contribution in [3.63, 3.8) is 0 Å². The molecule has 5 nitrogen and oxygen atoms in total. The first-order chi connectivity index (χ1) is 11.4. The summed E-state index contributed by atoms with van der Waals surface area (Å²) in [6.45, 7) is -0.0653. The lowest BCUT2D eigenvalue weighted by atomic mass is 9.79. The fourth-order valence-electron chi connectivity index (χ4n) is 3.86. The molecule has 1 aromatic carbocycles. The van der Waals surface area contributed by atoms with Gasteiger partial charge in [0.05, 0.1) is 16.7 Å². The monoisotopic (exact) mass is 350 g/mol. The fraction of sp³-hybridized carbons (Fsp3) is 0.529. The number of carbonyl (C=O) groups excluding carboxylic acids is 1. The molecule has 0 saturated heterocycles. The van der Waals surface area contributed by atoms with Crippen LogP contribution in [0.1, 0.15) is 19.3 Å². The van der Waals surface area contributed by atoms with Gasteiger partial charge in [0, 0.05) is 5.92 Å². The number of hydrogen-bond donors (Lipinski definition) is 1.